The topological polar surface area (TPSA) is 76.1 Å². The number of hydrogen-bond donors (Lipinski definition) is 2. The number of carbonyl (C=O) groups is 1. The summed E-state index contributed by atoms with van der Waals surface area (Å²) in [5.74, 6) is 0.896. The van der Waals surface area contributed by atoms with Crippen molar-refractivity contribution in [3.8, 4) is 11.4 Å². The van der Waals surface area contributed by atoms with Gasteiger partial charge in [0.1, 0.15) is 11.5 Å². The summed E-state index contributed by atoms with van der Waals surface area (Å²) in [7, 11) is 1.68. The number of carbonyl (C=O) groups excluding carboxylic acids is 1. The maximum absolute atomic E-state index is 12.9. The molecule has 0 fully saturated rings. The van der Waals surface area contributed by atoms with Crippen LogP contribution in [-0.4, -0.2) is 36.1 Å². The maximum atomic E-state index is 12.9. The molecule has 0 aliphatic rings. The van der Waals surface area contributed by atoms with Gasteiger partial charge < -0.3 is 15.4 Å². The van der Waals surface area contributed by atoms with E-state index in [0.717, 1.165) is 17.5 Å². The van der Waals surface area contributed by atoms with E-state index in [1.165, 1.54) is 0 Å². The van der Waals surface area contributed by atoms with Crippen LogP contribution in [0.25, 0.3) is 11.4 Å². The lowest BCUT2D eigenvalue weighted by atomic mass is 10.1. The van der Waals surface area contributed by atoms with Crippen molar-refractivity contribution >= 4 is 11.7 Å². The van der Waals surface area contributed by atoms with Gasteiger partial charge in [0, 0.05) is 31.9 Å². The Bertz CT molecular complexity index is 917. The molecule has 0 aliphatic heterocycles. The normalized spacial score (nSPS) is 11.7. The lowest BCUT2D eigenvalue weighted by Crippen LogP contribution is -2.28. The van der Waals surface area contributed by atoms with Gasteiger partial charge in [-0.1, -0.05) is 60.7 Å². The fourth-order valence-electron chi connectivity index (χ4n) is 2.90. The van der Waals surface area contributed by atoms with Crippen LogP contribution < -0.4 is 10.6 Å². The molecule has 0 saturated carbocycles. The number of aromatic nitrogens is 2. The molecule has 0 saturated heterocycles. The first-order valence-electron chi connectivity index (χ1n) is 9.70. The zero-order valence-electron chi connectivity index (χ0n) is 16.8. The molecule has 1 aromatic heterocycles. The molecule has 2 N–H and O–H groups in total. The van der Waals surface area contributed by atoms with Gasteiger partial charge in [-0.2, -0.15) is 0 Å². The number of hydrogen-bond acceptors (Lipinski definition) is 5. The minimum atomic E-state index is -0.235. The first-order valence-corrected chi connectivity index (χ1v) is 9.70. The Labute approximate surface area is 171 Å². The van der Waals surface area contributed by atoms with Gasteiger partial charge in [-0.3, -0.25) is 4.79 Å². The third-order valence-electron chi connectivity index (χ3n) is 4.47. The molecule has 150 valence electrons. The Morgan fingerprint density at radius 2 is 1.72 bits per heavy atom. The summed E-state index contributed by atoms with van der Waals surface area (Å²) >= 11 is 0. The summed E-state index contributed by atoms with van der Waals surface area (Å²) in [5.41, 5.74) is 2.23. The predicted octanol–water partition coefficient (Wildman–Crippen LogP) is 4.08. The summed E-state index contributed by atoms with van der Waals surface area (Å²) in [6, 6.07) is 21.0. The van der Waals surface area contributed by atoms with E-state index in [0.29, 0.717) is 30.5 Å². The van der Waals surface area contributed by atoms with Crippen LogP contribution in [0.1, 0.15) is 35.4 Å². The number of nitrogens with zero attached hydrogens (tertiary/aromatic N) is 2. The van der Waals surface area contributed by atoms with Crippen molar-refractivity contribution in [3.63, 3.8) is 0 Å². The van der Waals surface area contributed by atoms with Crippen molar-refractivity contribution in [3.05, 3.63) is 78.0 Å². The van der Waals surface area contributed by atoms with Gasteiger partial charge in [0.25, 0.3) is 5.91 Å². The number of benzene rings is 2. The molecule has 0 radical (unpaired) electrons. The van der Waals surface area contributed by atoms with Crippen molar-refractivity contribution in [1.82, 2.24) is 15.3 Å². The molecule has 1 unspecified atom stereocenters. The fourth-order valence-corrected chi connectivity index (χ4v) is 2.90. The fraction of sp³-hybridized carbons (Fsp3) is 0.261. The highest BCUT2D eigenvalue weighted by Gasteiger charge is 2.16. The van der Waals surface area contributed by atoms with Crippen LogP contribution in [0.4, 0.5) is 5.82 Å². The molecule has 2 aromatic carbocycles. The van der Waals surface area contributed by atoms with E-state index in [4.69, 9.17) is 4.74 Å². The van der Waals surface area contributed by atoms with Gasteiger partial charge in [0.15, 0.2) is 5.82 Å². The van der Waals surface area contributed by atoms with Crippen LogP contribution >= 0.6 is 0 Å². The molecule has 6 nitrogen and oxygen atoms in total. The minimum absolute atomic E-state index is 0.128. The Kier molecular flexibility index (Phi) is 7.30. The van der Waals surface area contributed by atoms with Crippen molar-refractivity contribution in [2.45, 2.75) is 19.4 Å². The molecular weight excluding hydrogens is 364 g/mol. The molecule has 0 bridgehead atoms. The summed E-state index contributed by atoms with van der Waals surface area (Å²) < 4.78 is 5.08. The average Bonchev–Trinajstić information content (AvgIpc) is 2.77. The lowest BCUT2D eigenvalue weighted by Gasteiger charge is -2.15. The molecule has 0 aliphatic carbocycles. The van der Waals surface area contributed by atoms with Gasteiger partial charge in [-0.05, 0) is 18.9 Å². The second kappa shape index (κ2) is 10.3. The van der Waals surface area contributed by atoms with E-state index < -0.39 is 0 Å². The van der Waals surface area contributed by atoms with Crippen molar-refractivity contribution in [2.75, 3.05) is 25.6 Å². The number of rotatable bonds is 9. The highest BCUT2D eigenvalue weighted by atomic mass is 16.5. The Hall–Kier alpha value is -3.25. The van der Waals surface area contributed by atoms with E-state index >= 15 is 0 Å². The van der Waals surface area contributed by atoms with Crippen LogP contribution in [0.2, 0.25) is 0 Å². The molecule has 6 heteroatoms. The quantitative estimate of drug-likeness (QED) is 0.539. The standard InChI is InChI=1S/C23H26N4O2/c1-17(18-10-5-3-6-11-18)25-23(28)20-16-21(24-14-9-15-29-2)27-22(26-20)19-12-7-4-8-13-19/h3-8,10-13,16-17H,9,14-15H2,1-2H3,(H,25,28)(H,24,26,27). The van der Waals surface area contributed by atoms with Gasteiger partial charge in [0.05, 0.1) is 6.04 Å². The number of nitrogens with one attached hydrogen (secondary N) is 2. The first kappa shape index (κ1) is 20.5. The molecule has 3 aromatic rings. The maximum Gasteiger partial charge on any atom is 0.270 e. The zero-order valence-corrected chi connectivity index (χ0v) is 16.8. The highest BCUT2D eigenvalue weighted by molar-refractivity contribution is 5.93. The molecule has 29 heavy (non-hydrogen) atoms. The summed E-state index contributed by atoms with van der Waals surface area (Å²) in [6.07, 6.45) is 0.841. The van der Waals surface area contributed by atoms with E-state index in [2.05, 4.69) is 20.6 Å². The van der Waals surface area contributed by atoms with E-state index in [-0.39, 0.29) is 11.9 Å². The highest BCUT2D eigenvalue weighted by Crippen LogP contribution is 2.19. The Morgan fingerprint density at radius 1 is 1.03 bits per heavy atom. The second-order valence-electron chi connectivity index (χ2n) is 6.71. The summed E-state index contributed by atoms with van der Waals surface area (Å²) in [5, 5.41) is 6.28. The lowest BCUT2D eigenvalue weighted by molar-refractivity contribution is 0.0935. The monoisotopic (exact) mass is 390 g/mol. The SMILES string of the molecule is COCCCNc1cc(C(=O)NC(C)c2ccccc2)nc(-c2ccccc2)n1. The van der Waals surface area contributed by atoms with Gasteiger partial charge in [-0.15, -0.1) is 0 Å². The number of methoxy groups -OCH3 is 1. The smallest absolute Gasteiger partial charge is 0.270 e. The van der Waals surface area contributed by atoms with Crippen LogP contribution in [-0.2, 0) is 4.74 Å². The Balaban J connectivity index is 1.82. The molecule has 1 amide bonds. The number of anilines is 1. The van der Waals surface area contributed by atoms with Crippen LogP contribution in [0, 0.1) is 0 Å². The summed E-state index contributed by atoms with van der Waals surface area (Å²) in [6.45, 7) is 3.31. The third kappa shape index (κ3) is 5.86. The van der Waals surface area contributed by atoms with E-state index in [9.17, 15) is 4.79 Å². The van der Waals surface area contributed by atoms with E-state index in [1.807, 2.05) is 67.6 Å². The molecule has 3 rings (SSSR count). The first-order chi connectivity index (χ1) is 14.2. The average molecular weight is 390 g/mol. The van der Waals surface area contributed by atoms with Gasteiger partial charge >= 0.3 is 0 Å². The molecule has 1 heterocycles. The predicted molar refractivity (Wildman–Crippen MR) is 115 cm³/mol. The zero-order chi connectivity index (χ0) is 20.5. The molecule has 1 atom stereocenters. The van der Waals surface area contributed by atoms with Crippen molar-refractivity contribution < 1.29 is 9.53 Å². The number of amides is 1. The van der Waals surface area contributed by atoms with Crippen LogP contribution in [0.5, 0.6) is 0 Å². The molecule has 0 spiro atoms. The summed E-state index contributed by atoms with van der Waals surface area (Å²) in [4.78, 5) is 22.0. The van der Waals surface area contributed by atoms with Crippen molar-refractivity contribution in [1.29, 1.82) is 0 Å². The van der Waals surface area contributed by atoms with Gasteiger partial charge in [-0.25, -0.2) is 9.97 Å². The second-order valence-corrected chi connectivity index (χ2v) is 6.71. The largest absolute Gasteiger partial charge is 0.385 e. The third-order valence-corrected chi connectivity index (χ3v) is 4.47. The van der Waals surface area contributed by atoms with Crippen LogP contribution in [0.3, 0.4) is 0 Å². The van der Waals surface area contributed by atoms with E-state index in [1.54, 1.807) is 13.2 Å². The van der Waals surface area contributed by atoms with Gasteiger partial charge in [0.2, 0.25) is 0 Å². The molecular formula is C23H26N4O2. The van der Waals surface area contributed by atoms with Crippen molar-refractivity contribution in [2.24, 2.45) is 0 Å². The van der Waals surface area contributed by atoms with Crippen LogP contribution in [0.15, 0.2) is 66.7 Å². The minimum Gasteiger partial charge on any atom is -0.385 e. The number of ether oxygens (including phenoxy) is 1. The Morgan fingerprint density at radius 3 is 2.41 bits per heavy atom.